The van der Waals surface area contributed by atoms with Crippen LogP contribution in [0.1, 0.15) is 0 Å². The molecule has 4 aromatic heterocycles. The number of halogens is 1. The molecule has 4 heterocycles. The van der Waals surface area contributed by atoms with Crippen LogP contribution in [0.3, 0.4) is 0 Å². The molecule has 0 radical (unpaired) electrons. The van der Waals surface area contributed by atoms with Gasteiger partial charge in [0.25, 0.3) is 0 Å². The smallest absolute Gasteiger partial charge is 0.123 e. The number of hydrogen-bond donors (Lipinski definition) is 3. The Balaban J connectivity index is 1.52. The molecule has 0 amide bonds. The highest BCUT2D eigenvalue weighted by Gasteiger charge is 2.15. The normalized spacial score (nSPS) is 11.5. The van der Waals surface area contributed by atoms with Crippen LogP contribution in [0.25, 0.3) is 55.6 Å². The third-order valence-corrected chi connectivity index (χ3v) is 5.32. The lowest BCUT2D eigenvalue weighted by Crippen LogP contribution is -1.82. The molecule has 0 spiro atoms. The molecule has 0 aliphatic rings. The maximum absolute atomic E-state index is 13.4. The van der Waals surface area contributed by atoms with E-state index in [0.29, 0.717) is 0 Å². The minimum Gasteiger partial charge on any atom is -0.353 e. The molecule has 2 aromatic carbocycles. The van der Waals surface area contributed by atoms with Gasteiger partial charge in [0.15, 0.2) is 0 Å². The number of pyridine rings is 1. The van der Waals surface area contributed by atoms with Crippen molar-refractivity contribution < 1.29 is 4.39 Å². The Kier molecular flexibility index (Phi) is 3.55. The monoisotopic (exact) mass is 394 g/mol. The van der Waals surface area contributed by atoms with Crippen molar-refractivity contribution in [1.29, 1.82) is 0 Å². The number of hydrogen-bond acceptors (Lipinski definition) is 3. The fourth-order valence-corrected chi connectivity index (χ4v) is 3.83. The first-order valence-electron chi connectivity index (χ1n) is 9.47. The lowest BCUT2D eigenvalue weighted by atomic mass is 10.0. The van der Waals surface area contributed by atoms with Crippen molar-refractivity contribution in [2.75, 3.05) is 0 Å². The molecular formula is C23H15FN6. The molecule has 6 rings (SSSR count). The highest BCUT2D eigenvalue weighted by molar-refractivity contribution is 6.01. The van der Waals surface area contributed by atoms with Crippen molar-refractivity contribution in [1.82, 2.24) is 30.4 Å². The van der Waals surface area contributed by atoms with Crippen molar-refractivity contribution in [3.8, 4) is 33.8 Å². The molecule has 30 heavy (non-hydrogen) atoms. The average molecular weight is 394 g/mol. The van der Waals surface area contributed by atoms with Crippen molar-refractivity contribution in [2.24, 2.45) is 0 Å². The molecule has 144 valence electrons. The van der Waals surface area contributed by atoms with Gasteiger partial charge >= 0.3 is 0 Å². The van der Waals surface area contributed by atoms with E-state index in [0.717, 1.165) is 55.6 Å². The van der Waals surface area contributed by atoms with E-state index < -0.39 is 0 Å². The van der Waals surface area contributed by atoms with E-state index in [9.17, 15) is 4.39 Å². The van der Waals surface area contributed by atoms with E-state index in [4.69, 9.17) is 0 Å². The SMILES string of the molecule is Fc1ccc(-c2cccc3[nH]c(-c4n[nH]c5cnc(-c6cn[nH]c6)cc45)cc23)cc1. The van der Waals surface area contributed by atoms with Crippen LogP contribution >= 0.6 is 0 Å². The minimum atomic E-state index is -0.245. The van der Waals surface area contributed by atoms with Gasteiger partial charge in [-0.2, -0.15) is 10.2 Å². The van der Waals surface area contributed by atoms with Crippen LogP contribution in [0.15, 0.2) is 73.2 Å². The van der Waals surface area contributed by atoms with Gasteiger partial charge < -0.3 is 4.98 Å². The number of fused-ring (bicyclic) bond motifs is 2. The van der Waals surface area contributed by atoms with Gasteiger partial charge in [0, 0.05) is 28.0 Å². The third-order valence-electron chi connectivity index (χ3n) is 5.32. The van der Waals surface area contributed by atoms with Crippen molar-refractivity contribution in [3.63, 3.8) is 0 Å². The molecule has 0 unspecified atom stereocenters. The second-order valence-corrected chi connectivity index (χ2v) is 7.13. The zero-order chi connectivity index (χ0) is 20.1. The zero-order valence-corrected chi connectivity index (χ0v) is 15.6. The maximum Gasteiger partial charge on any atom is 0.123 e. The Morgan fingerprint density at radius 2 is 1.73 bits per heavy atom. The molecule has 6 aromatic rings. The first kappa shape index (κ1) is 16.7. The standard InChI is InChI=1S/C23H15FN6/c24-15-6-4-13(5-7-15)16-2-1-3-19-17(16)8-21(28-19)23-18-9-20(14-10-26-27-11-14)25-12-22(18)29-30-23/h1-12,28H,(H,26,27)(H,29,30). The van der Waals surface area contributed by atoms with Gasteiger partial charge in [0.1, 0.15) is 11.5 Å². The summed E-state index contributed by atoms with van der Waals surface area (Å²) in [6, 6.07) is 16.7. The zero-order valence-electron chi connectivity index (χ0n) is 15.6. The number of aromatic amines is 3. The van der Waals surface area contributed by atoms with E-state index in [2.05, 4.69) is 36.4 Å². The van der Waals surface area contributed by atoms with Crippen molar-refractivity contribution in [2.45, 2.75) is 0 Å². The number of nitrogens with zero attached hydrogens (tertiary/aromatic N) is 3. The fourth-order valence-electron chi connectivity index (χ4n) is 3.83. The van der Waals surface area contributed by atoms with Gasteiger partial charge in [-0.25, -0.2) is 4.39 Å². The van der Waals surface area contributed by atoms with Crippen LogP contribution in [-0.2, 0) is 0 Å². The molecule has 6 nitrogen and oxygen atoms in total. The topological polar surface area (TPSA) is 86.0 Å². The minimum absolute atomic E-state index is 0.245. The molecule has 3 N–H and O–H groups in total. The molecular weight excluding hydrogens is 379 g/mol. The number of aromatic nitrogens is 6. The van der Waals surface area contributed by atoms with E-state index in [1.165, 1.54) is 12.1 Å². The predicted molar refractivity (Wildman–Crippen MR) is 114 cm³/mol. The Hall–Kier alpha value is -4.26. The summed E-state index contributed by atoms with van der Waals surface area (Å²) in [5.74, 6) is -0.245. The lowest BCUT2D eigenvalue weighted by Gasteiger charge is -2.03. The first-order valence-corrected chi connectivity index (χ1v) is 9.47. The number of nitrogens with one attached hydrogen (secondary N) is 3. The van der Waals surface area contributed by atoms with E-state index in [1.54, 1.807) is 24.5 Å². The lowest BCUT2D eigenvalue weighted by molar-refractivity contribution is 0.628. The van der Waals surface area contributed by atoms with Crippen LogP contribution in [0.2, 0.25) is 0 Å². The van der Waals surface area contributed by atoms with E-state index >= 15 is 0 Å². The Morgan fingerprint density at radius 3 is 2.57 bits per heavy atom. The Morgan fingerprint density at radius 1 is 0.833 bits per heavy atom. The Labute approximate surface area is 169 Å². The highest BCUT2D eigenvalue weighted by Crippen LogP contribution is 2.34. The number of H-pyrrole nitrogens is 3. The fraction of sp³-hybridized carbons (Fsp3) is 0. The summed E-state index contributed by atoms with van der Waals surface area (Å²) in [6.45, 7) is 0. The molecule has 0 fully saturated rings. The van der Waals surface area contributed by atoms with Crippen LogP contribution in [-0.4, -0.2) is 30.4 Å². The van der Waals surface area contributed by atoms with Crippen molar-refractivity contribution in [3.05, 3.63) is 79.0 Å². The van der Waals surface area contributed by atoms with Gasteiger partial charge in [0.05, 0.1) is 29.3 Å². The maximum atomic E-state index is 13.4. The van der Waals surface area contributed by atoms with E-state index in [1.807, 2.05) is 30.5 Å². The summed E-state index contributed by atoms with van der Waals surface area (Å²) in [5, 5.41) is 16.4. The summed E-state index contributed by atoms with van der Waals surface area (Å²) in [6.07, 6.45) is 5.33. The van der Waals surface area contributed by atoms with Crippen LogP contribution in [0.4, 0.5) is 4.39 Å². The third kappa shape index (κ3) is 2.60. The van der Waals surface area contributed by atoms with Gasteiger partial charge in [-0.05, 0) is 41.5 Å². The average Bonchev–Trinajstić information content (AvgIpc) is 3.52. The highest BCUT2D eigenvalue weighted by atomic mass is 19.1. The summed E-state index contributed by atoms with van der Waals surface area (Å²) < 4.78 is 13.4. The molecule has 7 heteroatoms. The number of benzene rings is 2. The summed E-state index contributed by atoms with van der Waals surface area (Å²) >= 11 is 0. The Bertz CT molecular complexity index is 1490. The van der Waals surface area contributed by atoms with Crippen LogP contribution in [0.5, 0.6) is 0 Å². The number of rotatable bonds is 3. The van der Waals surface area contributed by atoms with E-state index in [-0.39, 0.29) is 5.82 Å². The molecule has 0 aliphatic heterocycles. The second kappa shape index (κ2) is 6.38. The summed E-state index contributed by atoms with van der Waals surface area (Å²) in [7, 11) is 0. The van der Waals surface area contributed by atoms with Gasteiger partial charge in [-0.3, -0.25) is 15.2 Å². The molecule has 0 atom stereocenters. The first-order chi connectivity index (χ1) is 14.8. The van der Waals surface area contributed by atoms with Gasteiger partial charge in [-0.1, -0.05) is 24.3 Å². The van der Waals surface area contributed by atoms with Gasteiger partial charge in [0.2, 0.25) is 0 Å². The van der Waals surface area contributed by atoms with Gasteiger partial charge in [-0.15, -0.1) is 0 Å². The molecule has 0 aliphatic carbocycles. The van der Waals surface area contributed by atoms with Crippen LogP contribution in [0, 0.1) is 5.82 Å². The molecule has 0 bridgehead atoms. The quantitative estimate of drug-likeness (QED) is 0.381. The van der Waals surface area contributed by atoms with Crippen molar-refractivity contribution >= 4 is 21.8 Å². The predicted octanol–water partition coefficient (Wildman–Crippen LogP) is 5.30. The summed E-state index contributed by atoms with van der Waals surface area (Å²) in [5.41, 5.74) is 7.30. The van der Waals surface area contributed by atoms with Crippen LogP contribution < -0.4 is 0 Å². The largest absolute Gasteiger partial charge is 0.353 e. The molecule has 0 saturated carbocycles. The summed E-state index contributed by atoms with van der Waals surface area (Å²) in [4.78, 5) is 7.96. The molecule has 0 saturated heterocycles. The second-order valence-electron chi connectivity index (χ2n) is 7.13.